The second kappa shape index (κ2) is 3.83. The fourth-order valence-corrected chi connectivity index (χ4v) is 7.31. The molecule has 2 unspecified atom stereocenters. The molecule has 1 aliphatic carbocycles. The zero-order chi connectivity index (χ0) is 13.0. The average Bonchev–Trinajstić information content (AvgIpc) is 2.71. The maximum atomic E-state index is 9.45. The summed E-state index contributed by atoms with van der Waals surface area (Å²) in [5, 5.41) is 18.7. The number of nitrogens with zero attached hydrogens (tertiary/aromatic N) is 2. The molecule has 0 aromatic heterocycles. The summed E-state index contributed by atoms with van der Waals surface area (Å²) in [6, 6.07) is 4.56. The Bertz CT molecular complexity index is 576. The highest BCUT2D eigenvalue weighted by Gasteiger charge is 2.64. The first-order chi connectivity index (χ1) is 8.59. The van der Waals surface area contributed by atoms with Gasteiger partial charge in [0.15, 0.2) is 0 Å². The number of rotatable bonds is 0. The topological polar surface area (TPSA) is 47.6 Å². The van der Waals surface area contributed by atoms with E-state index in [4.69, 9.17) is 0 Å². The minimum atomic E-state index is -0.211. The lowest BCUT2D eigenvalue weighted by Crippen LogP contribution is -2.44. The van der Waals surface area contributed by atoms with Gasteiger partial charge in [0, 0.05) is 0 Å². The molecule has 0 N–H and O–H groups in total. The zero-order valence-electron chi connectivity index (χ0n) is 10.5. The molecule has 1 fully saturated rings. The highest BCUT2D eigenvalue weighted by molar-refractivity contribution is 8.10. The maximum absolute atomic E-state index is 9.45. The Labute approximate surface area is 116 Å². The first-order valence-corrected chi connectivity index (χ1v) is 7.85. The van der Waals surface area contributed by atoms with Gasteiger partial charge >= 0.3 is 0 Å². The summed E-state index contributed by atoms with van der Waals surface area (Å²) in [4.78, 5) is 2.04. The molecule has 92 valence electrons. The van der Waals surface area contributed by atoms with Crippen LogP contribution < -0.4 is 0 Å². The molecule has 18 heavy (non-hydrogen) atoms. The Morgan fingerprint density at radius 2 is 1.94 bits per heavy atom. The Hall–Kier alpha value is -0.840. The van der Waals surface area contributed by atoms with E-state index in [0.717, 1.165) is 12.8 Å². The van der Waals surface area contributed by atoms with Crippen LogP contribution in [0.1, 0.15) is 39.5 Å². The van der Waals surface area contributed by atoms with Gasteiger partial charge in [-0.15, -0.1) is 23.5 Å². The van der Waals surface area contributed by atoms with Crippen LogP contribution in [0.5, 0.6) is 0 Å². The van der Waals surface area contributed by atoms with Crippen molar-refractivity contribution in [3.63, 3.8) is 0 Å². The van der Waals surface area contributed by atoms with Gasteiger partial charge in [-0.25, -0.2) is 0 Å². The van der Waals surface area contributed by atoms with Crippen LogP contribution in [0.2, 0.25) is 0 Å². The number of hydrogen-bond acceptors (Lipinski definition) is 4. The molecular weight excluding hydrogens is 260 g/mol. The summed E-state index contributed by atoms with van der Waals surface area (Å²) >= 11 is 3.48. The van der Waals surface area contributed by atoms with Crippen LogP contribution in [0, 0.1) is 22.7 Å². The van der Waals surface area contributed by atoms with E-state index < -0.39 is 0 Å². The van der Waals surface area contributed by atoms with Gasteiger partial charge in [0.05, 0.1) is 21.1 Å². The van der Waals surface area contributed by atoms with Crippen LogP contribution in [0.15, 0.2) is 21.0 Å². The predicted octanol–water partition coefficient (Wildman–Crippen LogP) is 4.13. The Kier molecular flexibility index (Phi) is 2.59. The van der Waals surface area contributed by atoms with Gasteiger partial charge in [-0.3, -0.25) is 0 Å². The molecule has 0 aromatic carbocycles. The van der Waals surface area contributed by atoms with Crippen LogP contribution in [0.4, 0.5) is 0 Å². The van der Waals surface area contributed by atoms with Gasteiger partial charge in [-0.1, -0.05) is 6.42 Å². The molecule has 0 saturated heterocycles. The third-order valence-electron chi connectivity index (χ3n) is 4.44. The minimum absolute atomic E-state index is 0.00384. The fraction of sp³-hybridized carbons (Fsp3) is 0.571. The molecule has 2 nitrogen and oxygen atoms in total. The summed E-state index contributed by atoms with van der Waals surface area (Å²) < 4.78 is -0.215. The maximum Gasteiger partial charge on any atom is 0.107 e. The van der Waals surface area contributed by atoms with Gasteiger partial charge in [0.2, 0.25) is 0 Å². The first-order valence-electron chi connectivity index (χ1n) is 6.22. The molecule has 1 saturated carbocycles. The zero-order valence-corrected chi connectivity index (χ0v) is 12.2. The van der Waals surface area contributed by atoms with Gasteiger partial charge in [-0.05, 0) is 43.6 Å². The van der Waals surface area contributed by atoms with Crippen molar-refractivity contribution in [2.45, 2.75) is 49.0 Å². The van der Waals surface area contributed by atoms with Crippen molar-refractivity contribution in [1.29, 1.82) is 10.5 Å². The van der Waals surface area contributed by atoms with E-state index in [1.807, 2.05) is 11.8 Å². The van der Waals surface area contributed by atoms with E-state index >= 15 is 0 Å². The third kappa shape index (κ3) is 1.21. The summed E-state index contributed by atoms with van der Waals surface area (Å²) in [5.41, 5.74) is 2.21. The van der Waals surface area contributed by atoms with E-state index in [2.05, 4.69) is 26.0 Å². The highest BCUT2D eigenvalue weighted by Crippen LogP contribution is 2.71. The lowest BCUT2D eigenvalue weighted by atomic mass is 9.73. The van der Waals surface area contributed by atoms with Crippen molar-refractivity contribution in [2.75, 3.05) is 0 Å². The largest absolute Gasteiger partial charge is 0.193 e. The molecule has 2 heterocycles. The molecule has 0 aromatic rings. The van der Waals surface area contributed by atoms with Crippen LogP contribution in [0.3, 0.4) is 0 Å². The molecule has 2 atom stereocenters. The lowest BCUT2D eigenvalue weighted by Gasteiger charge is -2.41. The number of thioether (sulfide) groups is 2. The van der Waals surface area contributed by atoms with Crippen molar-refractivity contribution in [1.82, 2.24) is 0 Å². The van der Waals surface area contributed by atoms with Gasteiger partial charge in [-0.2, -0.15) is 10.5 Å². The van der Waals surface area contributed by atoms with Gasteiger partial charge in [0.1, 0.15) is 11.0 Å². The lowest BCUT2D eigenvalue weighted by molar-refractivity contribution is 0.454. The van der Waals surface area contributed by atoms with E-state index in [1.165, 1.54) is 23.3 Å². The van der Waals surface area contributed by atoms with E-state index in [-0.39, 0.29) is 9.49 Å². The molecule has 3 rings (SSSR count). The van der Waals surface area contributed by atoms with Gasteiger partial charge < -0.3 is 0 Å². The van der Waals surface area contributed by atoms with Crippen LogP contribution in [0.25, 0.3) is 0 Å². The normalized spacial score (nSPS) is 38.2. The molecular formula is C14H14N2S2. The van der Waals surface area contributed by atoms with Crippen molar-refractivity contribution in [3.8, 4) is 12.1 Å². The quantitative estimate of drug-likeness (QED) is 0.666. The van der Waals surface area contributed by atoms with Crippen molar-refractivity contribution in [2.24, 2.45) is 0 Å². The second-order valence-corrected chi connectivity index (χ2v) is 8.18. The molecule has 0 amide bonds. The van der Waals surface area contributed by atoms with E-state index in [0.29, 0.717) is 10.5 Å². The minimum Gasteiger partial charge on any atom is -0.193 e. The number of nitriles is 2. The van der Waals surface area contributed by atoms with Gasteiger partial charge in [0.25, 0.3) is 0 Å². The highest BCUT2D eigenvalue weighted by atomic mass is 32.2. The molecule has 3 aliphatic rings. The van der Waals surface area contributed by atoms with Crippen LogP contribution in [-0.4, -0.2) is 9.49 Å². The molecule has 2 aliphatic heterocycles. The molecule has 0 radical (unpaired) electrons. The summed E-state index contributed by atoms with van der Waals surface area (Å²) in [6.07, 6.45) is 4.69. The Balaban J connectivity index is 2.19. The van der Waals surface area contributed by atoms with E-state index in [9.17, 15) is 10.5 Å². The Morgan fingerprint density at radius 1 is 1.17 bits per heavy atom. The second-order valence-electron chi connectivity index (χ2n) is 5.23. The number of hydrogen-bond donors (Lipinski definition) is 0. The summed E-state index contributed by atoms with van der Waals surface area (Å²) in [5.74, 6) is 0. The van der Waals surface area contributed by atoms with Crippen molar-refractivity contribution in [3.05, 3.63) is 21.0 Å². The third-order valence-corrected chi connectivity index (χ3v) is 7.79. The molecule has 0 bridgehead atoms. The summed E-state index contributed by atoms with van der Waals surface area (Å²) in [6.45, 7) is 4.34. The number of allylic oxidation sites excluding steroid dienone is 2. The van der Waals surface area contributed by atoms with Crippen molar-refractivity contribution >= 4 is 23.5 Å². The van der Waals surface area contributed by atoms with Crippen LogP contribution >= 0.6 is 23.5 Å². The molecule has 4 heteroatoms. The monoisotopic (exact) mass is 274 g/mol. The summed E-state index contributed by atoms with van der Waals surface area (Å²) in [7, 11) is 0. The predicted molar refractivity (Wildman–Crippen MR) is 75.7 cm³/mol. The average molecular weight is 274 g/mol. The smallest absolute Gasteiger partial charge is 0.107 e. The van der Waals surface area contributed by atoms with Crippen molar-refractivity contribution < 1.29 is 0 Å². The fourth-order valence-electron chi connectivity index (χ4n) is 3.61. The van der Waals surface area contributed by atoms with Crippen LogP contribution in [-0.2, 0) is 0 Å². The standard InChI is InChI=1S/C14H14N2S2/c1-9-10-5-3-4-6-14(10)13(2,17-9)11(7-15)12(8-16)18-14/h3-6H2,1-2H3. The SMILES string of the molecule is CC1=C2CCCCC23SC(C#N)=C(C#N)C3(C)S1. The molecule has 1 spiro atoms. The first kappa shape index (κ1) is 12.2. The van der Waals surface area contributed by atoms with E-state index in [1.54, 1.807) is 11.8 Å². The Morgan fingerprint density at radius 3 is 2.61 bits per heavy atom.